The van der Waals surface area contributed by atoms with Gasteiger partial charge in [0, 0.05) is 10.8 Å². The van der Waals surface area contributed by atoms with Crippen molar-refractivity contribution in [1.82, 2.24) is 0 Å². The smallest absolute Gasteiger partial charge is 0.217 e. The van der Waals surface area contributed by atoms with Crippen LogP contribution in [-0.4, -0.2) is 0 Å². The molecule has 0 aliphatic heterocycles. The van der Waals surface area contributed by atoms with Crippen molar-refractivity contribution in [2.45, 2.75) is 0 Å². The maximum Gasteiger partial charge on any atom is 0.217 e. The molecule has 0 N–H and O–H groups in total. The van der Waals surface area contributed by atoms with Gasteiger partial charge in [0.25, 0.3) is 0 Å². The fraction of sp³-hybridized carbons (Fsp3) is 0. The molecule has 0 amide bonds. The molecule has 6 aromatic rings. The Labute approximate surface area is 112 Å². The second kappa shape index (κ2) is 2.73. The fourth-order valence-corrected chi connectivity index (χ4v) is 3.17. The molecule has 2 heterocycles. The van der Waals surface area contributed by atoms with Gasteiger partial charge in [-0.1, -0.05) is 24.3 Å². The number of hydrogen-bond donors (Lipinski definition) is 0. The fourth-order valence-electron chi connectivity index (χ4n) is 3.17. The van der Waals surface area contributed by atoms with Crippen LogP contribution in [0.4, 0.5) is 0 Å². The predicted octanol–water partition coefficient (Wildman–Crippen LogP) is 5.51. The normalized spacial score (nSPS) is 13.0. The van der Waals surface area contributed by atoms with Gasteiger partial charge in [0.2, 0.25) is 11.2 Å². The van der Waals surface area contributed by atoms with Gasteiger partial charge in [-0.05, 0) is 45.8 Å². The summed E-state index contributed by atoms with van der Waals surface area (Å²) in [5, 5.41) is 7.36. The molecule has 20 heavy (non-hydrogen) atoms. The van der Waals surface area contributed by atoms with Gasteiger partial charge in [-0.3, -0.25) is 0 Å². The largest absolute Gasteiger partial charge is 0.445 e. The van der Waals surface area contributed by atoms with Crippen LogP contribution in [0.1, 0.15) is 0 Å². The highest BCUT2D eigenvalue weighted by molar-refractivity contribution is 6.27. The van der Waals surface area contributed by atoms with Crippen LogP contribution in [0.5, 0.6) is 0 Å². The van der Waals surface area contributed by atoms with Crippen molar-refractivity contribution in [2.75, 3.05) is 0 Å². The van der Waals surface area contributed by atoms with Crippen LogP contribution in [0.25, 0.3) is 54.6 Å². The summed E-state index contributed by atoms with van der Waals surface area (Å²) in [5.41, 5.74) is 3.86. The van der Waals surface area contributed by atoms with E-state index < -0.39 is 0 Å². The average Bonchev–Trinajstić information content (AvgIpc) is 3.35. The molecule has 0 aliphatic rings. The topological polar surface area (TPSA) is 26.3 Å². The third-order valence-electron chi connectivity index (χ3n) is 4.27. The molecular weight excluding hydrogens is 248 g/mol. The monoisotopic (exact) mass is 256 g/mol. The van der Waals surface area contributed by atoms with E-state index in [4.69, 9.17) is 8.83 Å². The van der Waals surface area contributed by atoms with E-state index in [0.29, 0.717) is 0 Å². The summed E-state index contributed by atoms with van der Waals surface area (Å²) in [4.78, 5) is 0. The van der Waals surface area contributed by atoms with Gasteiger partial charge in [-0.2, -0.15) is 0 Å². The Morgan fingerprint density at radius 1 is 0.500 bits per heavy atom. The molecule has 0 saturated carbocycles. The number of fused-ring (bicyclic) bond motifs is 8. The van der Waals surface area contributed by atoms with Crippen LogP contribution in [-0.2, 0) is 0 Å². The zero-order chi connectivity index (χ0) is 12.8. The molecule has 0 fully saturated rings. The minimum atomic E-state index is 0.938. The molecule has 0 aliphatic carbocycles. The van der Waals surface area contributed by atoms with E-state index in [1.54, 1.807) is 0 Å². The van der Waals surface area contributed by atoms with Crippen molar-refractivity contribution >= 4 is 54.6 Å². The summed E-state index contributed by atoms with van der Waals surface area (Å²) >= 11 is 0. The van der Waals surface area contributed by atoms with Gasteiger partial charge < -0.3 is 8.83 Å². The quantitative estimate of drug-likeness (QED) is 0.335. The molecule has 2 heteroatoms. The molecule has 92 valence electrons. The zero-order valence-corrected chi connectivity index (χ0v) is 10.4. The van der Waals surface area contributed by atoms with Gasteiger partial charge in [-0.25, -0.2) is 0 Å². The molecule has 2 aromatic heterocycles. The lowest BCUT2D eigenvalue weighted by atomic mass is 10.00. The first-order chi connectivity index (χ1) is 9.88. The number of hydrogen-bond acceptors (Lipinski definition) is 2. The van der Waals surface area contributed by atoms with E-state index in [9.17, 15) is 0 Å². The standard InChI is InChI=1S/C18H8O2/c1-2-4-10-6-12-8-14-13(7-11(12)5-9(10)3-1)15-17(19-15)18-16(14)20-18/h1-8H. The third kappa shape index (κ3) is 0.980. The average molecular weight is 256 g/mol. The molecule has 6 rings (SSSR count). The minimum Gasteiger partial charge on any atom is -0.445 e. The Kier molecular flexibility index (Phi) is 1.26. The first-order valence-electron chi connectivity index (χ1n) is 6.70. The predicted molar refractivity (Wildman–Crippen MR) is 80.9 cm³/mol. The molecule has 0 unspecified atom stereocenters. The lowest BCUT2D eigenvalue weighted by molar-refractivity contribution is 0.734. The van der Waals surface area contributed by atoms with E-state index in [1.165, 1.54) is 32.3 Å². The summed E-state index contributed by atoms with van der Waals surface area (Å²) in [5.74, 6) is 0. The summed E-state index contributed by atoms with van der Waals surface area (Å²) in [6.45, 7) is 0. The zero-order valence-electron chi connectivity index (χ0n) is 10.4. The molecule has 2 nitrogen and oxygen atoms in total. The summed E-state index contributed by atoms with van der Waals surface area (Å²) < 4.78 is 11.1. The van der Waals surface area contributed by atoms with Gasteiger partial charge in [-0.15, -0.1) is 0 Å². The van der Waals surface area contributed by atoms with Crippen LogP contribution in [0.15, 0.2) is 57.4 Å². The van der Waals surface area contributed by atoms with Crippen LogP contribution in [0.2, 0.25) is 0 Å². The molecule has 4 aromatic carbocycles. The Morgan fingerprint density at radius 3 is 1.50 bits per heavy atom. The van der Waals surface area contributed by atoms with Gasteiger partial charge in [0.05, 0.1) is 0 Å². The van der Waals surface area contributed by atoms with Crippen LogP contribution < -0.4 is 0 Å². The maximum atomic E-state index is 5.55. The van der Waals surface area contributed by atoms with Crippen LogP contribution in [0, 0.1) is 0 Å². The Bertz CT molecular complexity index is 1140. The van der Waals surface area contributed by atoms with E-state index in [0.717, 1.165) is 22.3 Å². The van der Waals surface area contributed by atoms with E-state index >= 15 is 0 Å². The van der Waals surface area contributed by atoms with E-state index in [2.05, 4.69) is 48.5 Å². The van der Waals surface area contributed by atoms with Crippen molar-refractivity contribution in [1.29, 1.82) is 0 Å². The molecule has 0 spiro atoms. The summed E-state index contributed by atoms with van der Waals surface area (Å²) in [6.07, 6.45) is 0. The summed E-state index contributed by atoms with van der Waals surface area (Å²) in [6, 6.07) is 17.4. The van der Waals surface area contributed by atoms with E-state index in [1.807, 2.05) is 0 Å². The third-order valence-corrected chi connectivity index (χ3v) is 4.27. The molecule has 0 atom stereocenters. The Hall–Kier alpha value is -2.74. The first-order valence-corrected chi connectivity index (χ1v) is 6.70. The maximum absolute atomic E-state index is 5.55. The number of rotatable bonds is 0. The second-order valence-electron chi connectivity index (χ2n) is 5.46. The lowest BCUT2D eigenvalue weighted by Gasteiger charge is -2.03. The van der Waals surface area contributed by atoms with Crippen molar-refractivity contribution in [2.24, 2.45) is 0 Å². The molecule has 0 radical (unpaired) electrons. The lowest BCUT2D eigenvalue weighted by Crippen LogP contribution is -1.77. The van der Waals surface area contributed by atoms with Gasteiger partial charge in [0.1, 0.15) is 0 Å². The van der Waals surface area contributed by atoms with Gasteiger partial charge >= 0.3 is 0 Å². The molecule has 0 bridgehead atoms. The van der Waals surface area contributed by atoms with Crippen molar-refractivity contribution in [3.63, 3.8) is 0 Å². The first kappa shape index (κ1) is 9.21. The molecule has 0 saturated heterocycles. The Balaban J connectivity index is 1.88. The molecular formula is C18H8O2. The van der Waals surface area contributed by atoms with Crippen LogP contribution in [0.3, 0.4) is 0 Å². The van der Waals surface area contributed by atoms with Crippen molar-refractivity contribution in [3.8, 4) is 0 Å². The van der Waals surface area contributed by atoms with Crippen LogP contribution >= 0.6 is 0 Å². The Morgan fingerprint density at radius 2 is 1.00 bits per heavy atom. The SMILES string of the molecule is c1ccc2cc3cc4c(cc3cc2c1)c1oc1c1oc41. The minimum absolute atomic E-state index is 0.938. The highest BCUT2D eigenvalue weighted by Crippen LogP contribution is 2.47. The van der Waals surface area contributed by atoms with Gasteiger partial charge in [0.15, 0.2) is 11.2 Å². The van der Waals surface area contributed by atoms with Crippen molar-refractivity contribution < 1.29 is 8.83 Å². The van der Waals surface area contributed by atoms with Crippen molar-refractivity contribution in [3.05, 3.63) is 48.5 Å². The van der Waals surface area contributed by atoms with E-state index in [-0.39, 0.29) is 0 Å². The second-order valence-corrected chi connectivity index (χ2v) is 5.46. The number of benzene rings is 4. The summed E-state index contributed by atoms with van der Waals surface area (Å²) in [7, 11) is 0. The highest BCUT2D eigenvalue weighted by Gasteiger charge is 2.26. The highest BCUT2D eigenvalue weighted by atomic mass is 16.4.